The van der Waals surface area contributed by atoms with E-state index in [1.54, 1.807) is 4.68 Å². The fourth-order valence-electron chi connectivity index (χ4n) is 3.42. The lowest BCUT2D eigenvalue weighted by molar-refractivity contribution is -0.144. The van der Waals surface area contributed by atoms with Crippen molar-refractivity contribution in [3.63, 3.8) is 0 Å². The minimum absolute atomic E-state index is 0. The fourth-order valence-corrected chi connectivity index (χ4v) is 3.42. The molecule has 0 aromatic carbocycles. The van der Waals surface area contributed by atoms with Crippen molar-refractivity contribution < 1.29 is 9.53 Å². The molecule has 1 unspecified atom stereocenters. The van der Waals surface area contributed by atoms with Gasteiger partial charge in [-0.25, -0.2) is 0 Å². The number of ether oxygens (including phenoxy) is 1. The summed E-state index contributed by atoms with van der Waals surface area (Å²) in [5, 5.41) is 7.61. The van der Waals surface area contributed by atoms with Crippen LogP contribution < -0.4 is 5.32 Å². The molecule has 0 spiro atoms. The van der Waals surface area contributed by atoms with E-state index in [9.17, 15) is 4.79 Å². The average molecular weight is 329 g/mol. The van der Waals surface area contributed by atoms with Gasteiger partial charge in [0, 0.05) is 38.8 Å². The summed E-state index contributed by atoms with van der Waals surface area (Å²) in [4.78, 5) is 15.0. The van der Waals surface area contributed by atoms with Gasteiger partial charge in [-0.05, 0) is 12.0 Å². The molecule has 2 aliphatic heterocycles. The number of halogens is 1. The number of amides is 1. The summed E-state index contributed by atoms with van der Waals surface area (Å²) in [6.45, 7) is 5.76. The molecular formula is C15H25ClN4O2. The summed E-state index contributed by atoms with van der Waals surface area (Å²) in [6, 6.07) is 0.224. The second-order valence-corrected chi connectivity index (χ2v) is 5.99. The monoisotopic (exact) mass is 328 g/mol. The smallest absolute Gasteiger partial charge is 0.228 e. The molecule has 7 heteroatoms. The second-order valence-electron chi connectivity index (χ2n) is 5.99. The van der Waals surface area contributed by atoms with Crippen LogP contribution in [0.15, 0.2) is 12.4 Å². The zero-order valence-corrected chi connectivity index (χ0v) is 14.0. The molecular weight excluding hydrogens is 304 g/mol. The van der Waals surface area contributed by atoms with Gasteiger partial charge in [0.1, 0.15) is 0 Å². The number of morpholine rings is 1. The van der Waals surface area contributed by atoms with Crippen LogP contribution in [0.25, 0.3) is 0 Å². The van der Waals surface area contributed by atoms with E-state index >= 15 is 0 Å². The number of rotatable bonds is 3. The Labute approximate surface area is 137 Å². The lowest BCUT2D eigenvalue weighted by Gasteiger charge is -2.37. The molecule has 3 rings (SSSR count). The Hall–Kier alpha value is -1.11. The van der Waals surface area contributed by atoms with Gasteiger partial charge in [-0.1, -0.05) is 6.92 Å². The van der Waals surface area contributed by atoms with E-state index in [-0.39, 0.29) is 36.2 Å². The van der Waals surface area contributed by atoms with Crippen LogP contribution in [-0.4, -0.2) is 59.5 Å². The predicted octanol–water partition coefficient (Wildman–Crippen LogP) is 0.782. The van der Waals surface area contributed by atoms with Crippen molar-refractivity contribution >= 4 is 18.3 Å². The second kappa shape index (κ2) is 7.44. The molecule has 22 heavy (non-hydrogen) atoms. The number of aromatic nitrogens is 2. The van der Waals surface area contributed by atoms with Crippen LogP contribution >= 0.6 is 12.4 Å². The van der Waals surface area contributed by atoms with Crippen LogP contribution in [0, 0.1) is 5.92 Å². The van der Waals surface area contributed by atoms with Crippen molar-refractivity contribution in [3.8, 4) is 0 Å². The maximum absolute atomic E-state index is 13.0. The standard InChI is InChI=1S/C15H24N4O2.ClH/c1-3-12-10-21-5-4-19(12)15(20)14-8-16-7-13(14)11-6-17-18(2)9-11;/h6,9,12-14,16H,3-5,7-8,10H2,1-2H3;1H/t12?,13-,14+;/m1./s1. The molecule has 3 atom stereocenters. The fraction of sp³-hybridized carbons (Fsp3) is 0.733. The molecule has 0 radical (unpaired) electrons. The highest BCUT2D eigenvalue weighted by atomic mass is 35.5. The molecule has 1 aromatic heterocycles. The topological polar surface area (TPSA) is 59.4 Å². The summed E-state index contributed by atoms with van der Waals surface area (Å²) in [5.41, 5.74) is 1.15. The summed E-state index contributed by atoms with van der Waals surface area (Å²) >= 11 is 0. The Balaban J connectivity index is 0.00000176. The average Bonchev–Trinajstić information content (AvgIpc) is 3.14. The van der Waals surface area contributed by atoms with Crippen LogP contribution in [0.5, 0.6) is 0 Å². The third kappa shape index (κ3) is 3.29. The predicted molar refractivity (Wildman–Crippen MR) is 86.2 cm³/mol. The first kappa shape index (κ1) is 17.2. The van der Waals surface area contributed by atoms with Crippen LogP contribution in [0.4, 0.5) is 0 Å². The lowest BCUT2D eigenvalue weighted by atomic mass is 9.89. The van der Waals surface area contributed by atoms with Crippen molar-refractivity contribution in [1.29, 1.82) is 0 Å². The Kier molecular flexibility index (Phi) is 5.83. The van der Waals surface area contributed by atoms with Gasteiger partial charge in [-0.2, -0.15) is 5.10 Å². The van der Waals surface area contributed by atoms with Crippen LogP contribution in [0.1, 0.15) is 24.8 Å². The Bertz CT molecular complexity index is 507. The van der Waals surface area contributed by atoms with E-state index in [1.165, 1.54) is 0 Å². The van der Waals surface area contributed by atoms with E-state index in [0.717, 1.165) is 25.1 Å². The van der Waals surface area contributed by atoms with Gasteiger partial charge in [-0.15, -0.1) is 12.4 Å². The highest BCUT2D eigenvalue weighted by molar-refractivity contribution is 5.85. The number of carbonyl (C=O) groups excluding carboxylic acids is 1. The zero-order chi connectivity index (χ0) is 14.8. The van der Waals surface area contributed by atoms with Crippen LogP contribution in [0.3, 0.4) is 0 Å². The molecule has 2 saturated heterocycles. The summed E-state index contributed by atoms with van der Waals surface area (Å²) in [5.74, 6) is 0.511. The minimum atomic E-state index is 0. The van der Waals surface area contributed by atoms with Crippen molar-refractivity contribution in [3.05, 3.63) is 18.0 Å². The van der Waals surface area contributed by atoms with Gasteiger partial charge < -0.3 is 15.0 Å². The third-order valence-corrected chi connectivity index (χ3v) is 4.67. The van der Waals surface area contributed by atoms with E-state index in [0.29, 0.717) is 19.8 Å². The summed E-state index contributed by atoms with van der Waals surface area (Å²) in [6.07, 6.45) is 4.85. The van der Waals surface area contributed by atoms with Crippen molar-refractivity contribution in [2.24, 2.45) is 13.0 Å². The third-order valence-electron chi connectivity index (χ3n) is 4.67. The number of hydrogen-bond donors (Lipinski definition) is 1. The normalized spacial score (nSPS) is 28.5. The first-order chi connectivity index (χ1) is 10.2. The number of aryl methyl sites for hydroxylation is 1. The molecule has 124 valence electrons. The summed E-state index contributed by atoms with van der Waals surface area (Å²) < 4.78 is 7.31. The largest absolute Gasteiger partial charge is 0.377 e. The molecule has 0 saturated carbocycles. The molecule has 3 heterocycles. The number of nitrogens with zero attached hydrogens (tertiary/aromatic N) is 3. The van der Waals surface area contributed by atoms with Crippen LogP contribution in [-0.2, 0) is 16.6 Å². The number of carbonyl (C=O) groups is 1. The van der Waals surface area contributed by atoms with E-state index in [4.69, 9.17) is 4.74 Å². The molecule has 6 nitrogen and oxygen atoms in total. The minimum Gasteiger partial charge on any atom is -0.377 e. The van der Waals surface area contributed by atoms with E-state index < -0.39 is 0 Å². The first-order valence-corrected chi connectivity index (χ1v) is 7.78. The van der Waals surface area contributed by atoms with E-state index in [1.807, 2.05) is 24.3 Å². The van der Waals surface area contributed by atoms with Crippen molar-refractivity contribution in [2.75, 3.05) is 32.8 Å². The van der Waals surface area contributed by atoms with Gasteiger partial charge >= 0.3 is 0 Å². The lowest BCUT2D eigenvalue weighted by Crippen LogP contribution is -2.51. The van der Waals surface area contributed by atoms with E-state index in [2.05, 4.69) is 17.3 Å². The van der Waals surface area contributed by atoms with Gasteiger partial charge in [0.05, 0.1) is 31.4 Å². The molecule has 0 aliphatic carbocycles. The molecule has 2 aliphatic rings. The SMILES string of the molecule is CCC1COCCN1C(=O)[C@H]1CNC[C@@H]1c1cnn(C)c1.Cl. The molecule has 1 amide bonds. The van der Waals surface area contributed by atoms with Gasteiger partial charge in [-0.3, -0.25) is 9.48 Å². The summed E-state index contributed by atoms with van der Waals surface area (Å²) in [7, 11) is 1.91. The van der Waals surface area contributed by atoms with Crippen molar-refractivity contribution in [1.82, 2.24) is 20.0 Å². The Morgan fingerprint density at radius 1 is 1.50 bits per heavy atom. The Morgan fingerprint density at radius 3 is 3.00 bits per heavy atom. The Morgan fingerprint density at radius 2 is 2.32 bits per heavy atom. The van der Waals surface area contributed by atoms with Gasteiger partial charge in [0.25, 0.3) is 0 Å². The molecule has 2 fully saturated rings. The quantitative estimate of drug-likeness (QED) is 0.891. The van der Waals surface area contributed by atoms with Gasteiger partial charge in [0.2, 0.25) is 5.91 Å². The number of hydrogen-bond acceptors (Lipinski definition) is 4. The van der Waals surface area contributed by atoms with Crippen molar-refractivity contribution in [2.45, 2.75) is 25.3 Å². The molecule has 1 N–H and O–H groups in total. The van der Waals surface area contributed by atoms with Crippen LogP contribution in [0.2, 0.25) is 0 Å². The highest BCUT2D eigenvalue weighted by Gasteiger charge is 2.39. The van der Waals surface area contributed by atoms with Gasteiger partial charge in [0.15, 0.2) is 0 Å². The molecule has 0 bridgehead atoms. The number of nitrogens with one attached hydrogen (secondary N) is 1. The molecule has 1 aromatic rings. The zero-order valence-electron chi connectivity index (χ0n) is 13.2. The maximum Gasteiger partial charge on any atom is 0.228 e. The first-order valence-electron chi connectivity index (χ1n) is 7.78. The maximum atomic E-state index is 13.0. The highest BCUT2D eigenvalue weighted by Crippen LogP contribution is 2.30.